The van der Waals surface area contributed by atoms with Gasteiger partial charge in [0.25, 0.3) is 6.43 Å². The van der Waals surface area contributed by atoms with Gasteiger partial charge >= 0.3 is 0 Å². The number of nitrogens with zero attached hydrogens (tertiary/aromatic N) is 1. The number of hydrogen-bond donors (Lipinski definition) is 1. The van der Waals surface area contributed by atoms with Crippen molar-refractivity contribution in [2.75, 3.05) is 6.54 Å². The van der Waals surface area contributed by atoms with E-state index in [9.17, 15) is 8.78 Å². The fourth-order valence-corrected chi connectivity index (χ4v) is 1.08. The van der Waals surface area contributed by atoms with Gasteiger partial charge in [0.05, 0.1) is 18.2 Å². The molecule has 1 rings (SSSR count). The summed E-state index contributed by atoms with van der Waals surface area (Å²) in [4.78, 5) is 0. The number of nitriles is 1. The van der Waals surface area contributed by atoms with Crippen molar-refractivity contribution in [3.05, 3.63) is 35.4 Å². The molecule has 0 aromatic heterocycles. The van der Waals surface area contributed by atoms with Crippen molar-refractivity contribution >= 4 is 0 Å². The molecular formula is C10H10F2N2. The van der Waals surface area contributed by atoms with Crippen molar-refractivity contribution in [3.8, 4) is 6.07 Å². The summed E-state index contributed by atoms with van der Waals surface area (Å²) >= 11 is 0. The molecule has 14 heavy (non-hydrogen) atoms. The smallest absolute Gasteiger partial charge is 0.250 e. The summed E-state index contributed by atoms with van der Waals surface area (Å²) in [6.45, 7) is 0.0383. The molecule has 0 heterocycles. The van der Waals surface area contributed by atoms with Crippen LogP contribution in [0.15, 0.2) is 24.3 Å². The lowest BCUT2D eigenvalue weighted by atomic mass is 10.1. The molecule has 1 aromatic rings. The average molecular weight is 196 g/mol. The normalized spacial score (nSPS) is 10.1. The molecule has 0 atom stereocenters. The Bertz CT molecular complexity index is 331. The fourth-order valence-electron chi connectivity index (χ4n) is 1.08. The predicted octanol–water partition coefficient (Wildman–Crippen LogP) is 1.91. The van der Waals surface area contributed by atoms with Gasteiger partial charge in [0, 0.05) is 6.54 Å². The number of benzene rings is 1. The predicted molar refractivity (Wildman–Crippen MR) is 48.9 cm³/mol. The van der Waals surface area contributed by atoms with Crippen molar-refractivity contribution in [2.45, 2.75) is 13.0 Å². The van der Waals surface area contributed by atoms with Crippen LogP contribution in [0.1, 0.15) is 11.1 Å². The summed E-state index contributed by atoms with van der Waals surface area (Å²) in [6.07, 6.45) is -2.34. The summed E-state index contributed by atoms with van der Waals surface area (Å²) in [5, 5.41) is 11.2. The topological polar surface area (TPSA) is 35.8 Å². The largest absolute Gasteiger partial charge is 0.307 e. The van der Waals surface area contributed by atoms with Crippen molar-refractivity contribution < 1.29 is 8.78 Å². The van der Waals surface area contributed by atoms with Crippen LogP contribution in [0.25, 0.3) is 0 Å². The third-order valence-corrected chi connectivity index (χ3v) is 1.68. The van der Waals surface area contributed by atoms with E-state index in [0.717, 1.165) is 5.56 Å². The molecule has 0 fully saturated rings. The van der Waals surface area contributed by atoms with Crippen LogP contribution in [0.2, 0.25) is 0 Å². The summed E-state index contributed by atoms with van der Waals surface area (Å²) in [5.74, 6) is 0. The van der Waals surface area contributed by atoms with Crippen LogP contribution in [0, 0.1) is 11.3 Å². The first-order valence-corrected chi connectivity index (χ1v) is 4.20. The minimum absolute atomic E-state index is 0.323. The van der Waals surface area contributed by atoms with Gasteiger partial charge in [-0.3, -0.25) is 0 Å². The molecule has 0 aliphatic heterocycles. The Morgan fingerprint density at radius 3 is 2.86 bits per heavy atom. The zero-order chi connectivity index (χ0) is 10.4. The number of hydrogen-bond acceptors (Lipinski definition) is 2. The van der Waals surface area contributed by atoms with Crippen LogP contribution in [-0.2, 0) is 6.54 Å². The first-order chi connectivity index (χ1) is 6.72. The third-order valence-electron chi connectivity index (χ3n) is 1.68. The SMILES string of the molecule is N#Cc1cccc(CNCC(F)F)c1. The highest BCUT2D eigenvalue weighted by Gasteiger charge is 2.01. The maximum absolute atomic E-state index is 11.8. The van der Waals surface area contributed by atoms with Crippen LogP contribution < -0.4 is 5.32 Å². The van der Waals surface area contributed by atoms with Gasteiger partial charge in [-0.1, -0.05) is 12.1 Å². The molecule has 0 unspecified atom stereocenters. The van der Waals surface area contributed by atoms with Gasteiger partial charge in [0.1, 0.15) is 0 Å². The average Bonchev–Trinajstić information content (AvgIpc) is 2.18. The number of nitrogens with one attached hydrogen (secondary N) is 1. The molecule has 0 spiro atoms. The van der Waals surface area contributed by atoms with Crippen LogP contribution in [0.4, 0.5) is 8.78 Å². The first-order valence-electron chi connectivity index (χ1n) is 4.20. The molecule has 0 saturated carbocycles. The Kier molecular flexibility index (Phi) is 4.02. The molecule has 1 aromatic carbocycles. The zero-order valence-corrected chi connectivity index (χ0v) is 7.50. The monoisotopic (exact) mass is 196 g/mol. The van der Waals surface area contributed by atoms with E-state index in [1.54, 1.807) is 24.3 Å². The van der Waals surface area contributed by atoms with E-state index >= 15 is 0 Å². The molecular weight excluding hydrogens is 186 g/mol. The summed E-state index contributed by atoms with van der Waals surface area (Å²) < 4.78 is 23.5. The second-order valence-corrected chi connectivity index (χ2v) is 2.83. The molecule has 0 radical (unpaired) electrons. The molecule has 4 heteroatoms. The Morgan fingerprint density at radius 2 is 2.21 bits per heavy atom. The van der Waals surface area contributed by atoms with Gasteiger partial charge in [0.2, 0.25) is 0 Å². The highest BCUT2D eigenvalue weighted by atomic mass is 19.3. The lowest BCUT2D eigenvalue weighted by molar-refractivity contribution is 0.145. The minimum Gasteiger partial charge on any atom is -0.307 e. The van der Waals surface area contributed by atoms with Gasteiger partial charge in [-0.2, -0.15) is 5.26 Å². The second-order valence-electron chi connectivity index (χ2n) is 2.83. The van der Waals surface area contributed by atoms with Gasteiger partial charge in [-0.15, -0.1) is 0 Å². The molecule has 1 N–H and O–H groups in total. The van der Waals surface area contributed by atoms with Crippen molar-refractivity contribution in [1.82, 2.24) is 5.32 Å². The Morgan fingerprint density at radius 1 is 1.43 bits per heavy atom. The number of rotatable bonds is 4. The second kappa shape index (κ2) is 5.30. The third kappa shape index (κ3) is 3.50. The Hall–Kier alpha value is -1.47. The highest BCUT2D eigenvalue weighted by Crippen LogP contribution is 2.03. The van der Waals surface area contributed by atoms with Gasteiger partial charge in [-0.25, -0.2) is 8.78 Å². The molecule has 0 bridgehead atoms. The summed E-state index contributed by atoms with van der Waals surface area (Å²) in [5.41, 5.74) is 1.38. The molecule has 0 amide bonds. The van der Waals surface area contributed by atoms with Gasteiger partial charge in [-0.05, 0) is 17.7 Å². The van der Waals surface area contributed by atoms with E-state index in [1.165, 1.54) is 0 Å². The fraction of sp³-hybridized carbons (Fsp3) is 0.300. The van der Waals surface area contributed by atoms with E-state index in [2.05, 4.69) is 5.32 Å². The molecule has 0 saturated heterocycles. The highest BCUT2D eigenvalue weighted by molar-refractivity contribution is 5.32. The molecule has 74 valence electrons. The van der Waals surface area contributed by atoms with E-state index in [4.69, 9.17) is 5.26 Å². The number of halogens is 2. The minimum atomic E-state index is -2.34. The lowest BCUT2D eigenvalue weighted by Crippen LogP contribution is -2.20. The zero-order valence-electron chi connectivity index (χ0n) is 7.50. The van der Waals surface area contributed by atoms with Crippen molar-refractivity contribution in [3.63, 3.8) is 0 Å². The maximum atomic E-state index is 11.8. The first kappa shape index (κ1) is 10.6. The van der Waals surface area contributed by atoms with Crippen molar-refractivity contribution in [1.29, 1.82) is 5.26 Å². The van der Waals surface area contributed by atoms with E-state index < -0.39 is 6.43 Å². The Balaban J connectivity index is 2.47. The molecule has 0 aliphatic rings. The van der Waals surface area contributed by atoms with Crippen LogP contribution >= 0.6 is 0 Å². The van der Waals surface area contributed by atoms with Gasteiger partial charge in [0.15, 0.2) is 0 Å². The van der Waals surface area contributed by atoms with Crippen molar-refractivity contribution in [2.24, 2.45) is 0 Å². The van der Waals surface area contributed by atoms with E-state index in [-0.39, 0.29) is 6.54 Å². The van der Waals surface area contributed by atoms with E-state index in [1.807, 2.05) is 6.07 Å². The van der Waals surface area contributed by atoms with Gasteiger partial charge < -0.3 is 5.32 Å². The summed E-state index contributed by atoms with van der Waals surface area (Å²) in [7, 11) is 0. The van der Waals surface area contributed by atoms with E-state index in [0.29, 0.717) is 12.1 Å². The lowest BCUT2D eigenvalue weighted by Gasteiger charge is -2.03. The maximum Gasteiger partial charge on any atom is 0.250 e. The molecule has 2 nitrogen and oxygen atoms in total. The standard InChI is InChI=1S/C10H10F2N2/c11-10(12)7-14-6-9-3-1-2-8(4-9)5-13/h1-4,10,14H,6-7H2. The molecule has 0 aliphatic carbocycles. The van der Waals surface area contributed by atoms with Crippen LogP contribution in [0.5, 0.6) is 0 Å². The van der Waals surface area contributed by atoms with Crippen LogP contribution in [-0.4, -0.2) is 13.0 Å². The summed E-state index contributed by atoms with van der Waals surface area (Å²) in [6, 6.07) is 8.87. The Labute approximate surface area is 81.2 Å². The van der Waals surface area contributed by atoms with Crippen LogP contribution in [0.3, 0.4) is 0 Å². The number of alkyl halides is 2. The quantitative estimate of drug-likeness (QED) is 0.798.